The second-order valence-electron chi connectivity index (χ2n) is 7.35. The molecule has 10 heteroatoms. The van der Waals surface area contributed by atoms with E-state index in [1.54, 1.807) is 32.0 Å². The lowest BCUT2D eigenvalue weighted by Gasteiger charge is -2.49. The molecule has 0 aliphatic carbocycles. The van der Waals surface area contributed by atoms with Crippen LogP contribution in [0.25, 0.3) is 0 Å². The highest BCUT2D eigenvalue weighted by Crippen LogP contribution is 2.33. The quantitative estimate of drug-likeness (QED) is 0.642. The standard InChI is InChI=1S/C19H25Cl2NO7/c1-10(23)22-15-16(24)17-14(9-27-19(2,3)29-17)28-18(15)26-7-6-25-13-5-4-11(20)8-12(13)21/h4-5,8,14-18,24H,6-7,9H2,1-3H3,(H,22,23)/t14-,15-,16-,17+,18+/m1/s1. The average Bonchev–Trinajstić information content (AvgIpc) is 2.63. The Balaban J connectivity index is 1.59. The Hall–Kier alpha value is -1.13. The third-order valence-electron chi connectivity index (χ3n) is 4.58. The normalized spacial score (nSPS) is 31.0. The van der Waals surface area contributed by atoms with Crippen molar-refractivity contribution in [2.75, 3.05) is 19.8 Å². The predicted octanol–water partition coefficient (Wildman–Crippen LogP) is 2.13. The molecule has 0 bridgehead atoms. The number of aliphatic hydroxyl groups excluding tert-OH is 1. The molecular formula is C19H25Cl2NO7. The summed E-state index contributed by atoms with van der Waals surface area (Å²) < 4.78 is 28.7. The Morgan fingerprint density at radius 2 is 2.10 bits per heavy atom. The van der Waals surface area contributed by atoms with Crippen LogP contribution < -0.4 is 10.1 Å². The molecule has 1 aromatic rings. The van der Waals surface area contributed by atoms with Crippen molar-refractivity contribution in [1.29, 1.82) is 0 Å². The van der Waals surface area contributed by atoms with Crippen LogP contribution >= 0.6 is 23.2 Å². The zero-order chi connectivity index (χ0) is 21.2. The Morgan fingerprint density at radius 1 is 1.34 bits per heavy atom. The van der Waals surface area contributed by atoms with Crippen LogP contribution in [0, 0.1) is 0 Å². The topological polar surface area (TPSA) is 95.5 Å². The van der Waals surface area contributed by atoms with Crippen LogP contribution in [0.15, 0.2) is 18.2 Å². The minimum Gasteiger partial charge on any atom is -0.490 e. The van der Waals surface area contributed by atoms with Crippen LogP contribution in [0.5, 0.6) is 5.75 Å². The van der Waals surface area contributed by atoms with Crippen LogP contribution in [0.2, 0.25) is 10.0 Å². The average molecular weight is 450 g/mol. The molecule has 2 N–H and O–H groups in total. The van der Waals surface area contributed by atoms with E-state index < -0.39 is 36.4 Å². The van der Waals surface area contributed by atoms with E-state index in [1.807, 2.05) is 0 Å². The minimum absolute atomic E-state index is 0.136. The van der Waals surface area contributed by atoms with E-state index in [0.717, 1.165) is 0 Å². The Bertz CT molecular complexity index is 733. The predicted molar refractivity (Wildman–Crippen MR) is 105 cm³/mol. The van der Waals surface area contributed by atoms with Gasteiger partial charge in [0, 0.05) is 11.9 Å². The first kappa shape index (κ1) is 22.6. The van der Waals surface area contributed by atoms with Crippen molar-refractivity contribution in [3.8, 4) is 5.75 Å². The Kier molecular flexibility index (Phi) is 7.27. The molecule has 2 saturated heterocycles. The van der Waals surface area contributed by atoms with Gasteiger partial charge in [-0.05, 0) is 32.0 Å². The fraction of sp³-hybridized carbons (Fsp3) is 0.632. The van der Waals surface area contributed by atoms with Crippen molar-refractivity contribution in [3.63, 3.8) is 0 Å². The van der Waals surface area contributed by atoms with E-state index in [0.29, 0.717) is 15.8 Å². The second kappa shape index (κ2) is 9.34. The highest BCUT2D eigenvalue weighted by molar-refractivity contribution is 6.35. The number of carbonyl (C=O) groups excluding carboxylic acids is 1. The van der Waals surface area contributed by atoms with Gasteiger partial charge in [-0.3, -0.25) is 4.79 Å². The number of halogens is 2. The molecule has 0 saturated carbocycles. The lowest BCUT2D eigenvalue weighted by Crippen LogP contribution is -2.68. The van der Waals surface area contributed by atoms with Gasteiger partial charge in [0.1, 0.15) is 36.7 Å². The number of benzene rings is 1. The van der Waals surface area contributed by atoms with E-state index in [4.69, 9.17) is 46.9 Å². The number of amides is 1. The molecule has 8 nitrogen and oxygen atoms in total. The number of rotatable bonds is 6. The lowest BCUT2D eigenvalue weighted by molar-refractivity contribution is -0.369. The Morgan fingerprint density at radius 3 is 2.79 bits per heavy atom. The largest absolute Gasteiger partial charge is 0.490 e. The van der Waals surface area contributed by atoms with E-state index in [-0.39, 0.29) is 25.7 Å². The molecule has 0 spiro atoms. The molecule has 162 valence electrons. The third kappa shape index (κ3) is 5.73. The minimum atomic E-state index is -1.03. The first-order chi connectivity index (χ1) is 13.7. The van der Waals surface area contributed by atoms with Gasteiger partial charge in [-0.2, -0.15) is 0 Å². The zero-order valence-electron chi connectivity index (χ0n) is 16.4. The fourth-order valence-corrected chi connectivity index (χ4v) is 3.75. The highest BCUT2D eigenvalue weighted by atomic mass is 35.5. The van der Waals surface area contributed by atoms with E-state index >= 15 is 0 Å². The summed E-state index contributed by atoms with van der Waals surface area (Å²) in [4.78, 5) is 11.6. The van der Waals surface area contributed by atoms with Crippen molar-refractivity contribution in [1.82, 2.24) is 5.32 Å². The molecule has 0 radical (unpaired) electrons. The van der Waals surface area contributed by atoms with Crippen molar-refractivity contribution in [2.24, 2.45) is 0 Å². The van der Waals surface area contributed by atoms with E-state index in [1.165, 1.54) is 6.92 Å². The smallest absolute Gasteiger partial charge is 0.217 e. The molecule has 2 heterocycles. The van der Waals surface area contributed by atoms with Gasteiger partial charge in [0.25, 0.3) is 0 Å². The number of ether oxygens (including phenoxy) is 5. The molecule has 5 atom stereocenters. The number of fused-ring (bicyclic) bond motifs is 1. The maximum Gasteiger partial charge on any atom is 0.217 e. The van der Waals surface area contributed by atoms with Crippen molar-refractivity contribution >= 4 is 29.1 Å². The molecule has 0 aromatic heterocycles. The number of hydrogen-bond acceptors (Lipinski definition) is 7. The summed E-state index contributed by atoms with van der Waals surface area (Å²) in [6.45, 7) is 5.42. The van der Waals surface area contributed by atoms with Gasteiger partial charge >= 0.3 is 0 Å². The summed E-state index contributed by atoms with van der Waals surface area (Å²) in [7, 11) is 0. The lowest BCUT2D eigenvalue weighted by atomic mass is 9.95. The number of hydrogen-bond donors (Lipinski definition) is 2. The zero-order valence-corrected chi connectivity index (χ0v) is 17.9. The maximum atomic E-state index is 11.6. The third-order valence-corrected chi connectivity index (χ3v) is 5.11. The monoisotopic (exact) mass is 449 g/mol. The van der Waals surface area contributed by atoms with Gasteiger partial charge in [0.2, 0.25) is 5.91 Å². The van der Waals surface area contributed by atoms with Gasteiger partial charge in [0.15, 0.2) is 12.1 Å². The summed E-state index contributed by atoms with van der Waals surface area (Å²) in [5.41, 5.74) is 0. The van der Waals surface area contributed by atoms with Crippen molar-refractivity contribution in [2.45, 2.75) is 57.2 Å². The number of carbonyl (C=O) groups is 1. The van der Waals surface area contributed by atoms with Crippen molar-refractivity contribution in [3.05, 3.63) is 28.2 Å². The van der Waals surface area contributed by atoms with E-state index in [9.17, 15) is 9.90 Å². The second-order valence-corrected chi connectivity index (χ2v) is 8.19. The summed E-state index contributed by atoms with van der Waals surface area (Å²) in [5, 5.41) is 14.4. The summed E-state index contributed by atoms with van der Waals surface area (Å²) in [6.07, 6.45) is -3.11. The summed E-state index contributed by atoms with van der Waals surface area (Å²) in [6, 6.07) is 4.11. The summed E-state index contributed by atoms with van der Waals surface area (Å²) >= 11 is 11.9. The van der Waals surface area contributed by atoms with Gasteiger partial charge < -0.3 is 34.1 Å². The van der Waals surface area contributed by atoms with Gasteiger partial charge in [-0.15, -0.1) is 0 Å². The van der Waals surface area contributed by atoms with E-state index in [2.05, 4.69) is 5.32 Å². The van der Waals surface area contributed by atoms with Gasteiger partial charge in [0.05, 0.1) is 18.2 Å². The first-order valence-corrected chi connectivity index (χ1v) is 10.0. The van der Waals surface area contributed by atoms with Crippen LogP contribution in [-0.4, -0.2) is 67.3 Å². The molecule has 3 rings (SSSR count). The SMILES string of the molecule is CC(=O)N[C@H]1[C@@H](OCCOc2ccc(Cl)cc2Cl)O[C@@H]2COC(C)(C)O[C@@H]2[C@@H]1O. The molecular weight excluding hydrogens is 425 g/mol. The highest BCUT2D eigenvalue weighted by Gasteiger charge is 2.51. The van der Waals surface area contributed by atoms with Gasteiger partial charge in [-0.1, -0.05) is 23.2 Å². The summed E-state index contributed by atoms with van der Waals surface area (Å²) in [5.74, 6) is -0.703. The molecule has 2 fully saturated rings. The molecule has 2 aliphatic heterocycles. The maximum absolute atomic E-state index is 11.6. The number of nitrogens with one attached hydrogen (secondary N) is 1. The molecule has 1 amide bonds. The molecule has 1 aromatic carbocycles. The van der Waals surface area contributed by atoms with Crippen LogP contribution in [0.1, 0.15) is 20.8 Å². The first-order valence-electron chi connectivity index (χ1n) is 9.28. The fourth-order valence-electron chi connectivity index (χ4n) is 3.28. The molecule has 29 heavy (non-hydrogen) atoms. The molecule has 2 aliphatic rings. The number of aliphatic hydroxyl groups is 1. The molecule has 0 unspecified atom stereocenters. The van der Waals surface area contributed by atoms with Crippen LogP contribution in [-0.2, 0) is 23.7 Å². The van der Waals surface area contributed by atoms with Gasteiger partial charge in [-0.25, -0.2) is 0 Å². The van der Waals surface area contributed by atoms with Crippen LogP contribution in [0.4, 0.5) is 0 Å². The Labute approximate surface area is 179 Å². The van der Waals surface area contributed by atoms with Crippen molar-refractivity contribution < 1.29 is 33.6 Å². The van der Waals surface area contributed by atoms with Crippen LogP contribution in [0.3, 0.4) is 0 Å².